The largest absolute Gasteiger partial charge is 0.465 e. The van der Waals surface area contributed by atoms with Gasteiger partial charge in [0.15, 0.2) is 24.4 Å². The van der Waals surface area contributed by atoms with Crippen molar-refractivity contribution in [3.8, 4) is 0 Å². The number of nitrogens with one attached hydrogen (secondary N) is 1. The second-order valence-corrected chi connectivity index (χ2v) is 18.9. The first-order chi connectivity index (χ1) is 32.9. The van der Waals surface area contributed by atoms with Crippen molar-refractivity contribution in [3.05, 3.63) is 71.8 Å². The van der Waals surface area contributed by atoms with Crippen LogP contribution >= 0.6 is 7.67 Å². The molecule has 11 atom stereocenters. The van der Waals surface area contributed by atoms with Gasteiger partial charge in [-0.3, -0.25) is 33.1 Å². The number of carbonyl (C=O) groups is 8. The van der Waals surface area contributed by atoms with E-state index in [0.717, 1.165) is 41.7 Å². The van der Waals surface area contributed by atoms with Crippen molar-refractivity contribution in [2.75, 3.05) is 48.5 Å². The number of benzene rings is 2. The van der Waals surface area contributed by atoms with E-state index >= 15 is 0 Å². The summed E-state index contributed by atoms with van der Waals surface area (Å²) < 4.78 is 73.4. The van der Waals surface area contributed by atoms with E-state index in [0.29, 0.717) is 0 Å². The molecule has 1 amide bonds. The van der Waals surface area contributed by atoms with Gasteiger partial charge in [0.1, 0.15) is 37.6 Å². The van der Waals surface area contributed by atoms with Crippen LogP contribution in [0.4, 0.5) is 0 Å². The normalized spacial score (nSPS) is 25.3. The minimum Gasteiger partial charge on any atom is -0.465 e. The minimum absolute atomic E-state index is 0.0101. The number of aliphatic hydroxyl groups is 1. The van der Waals surface area contributed by atoms with Crippen molar-refractivity contribution < 1.29 is 105 Å². The van der Waals surface area contributed by atoms with E-state index in [-0.39, 0.29) is 11.1 Å². The van der Waals surface area contributed by atoms with Crippen LogP contribution in [0.15, 0.2) is 60.7 Å². The maximum absolute atomic E-state index is 14.3. The Labute approximate surface area is 402 Å². The van der Waals surface area contributed by atoms with E-state index < -0.39 is 142 Å². The third-order valence-corrected chi connectivity index (χ3v) is 12.8. The summed E-state index contributed by atoms with van der Waals surface area (Å²) in [5.74, 6) is -11.1. The van der Waals surface area contributed by atoms with Crippen molar-refractivity contribution in [1.29, 1.82) is 0 Å². The smallest absolute Gasteiger partial charge is 0.369 e. The molecule has 0 unspecified atom stereocenters. The lowest BCUT2D eigenvalue weighted by molar-refractivity contribution is -0.476. The molecule has 2 fully saturated rings. The van der Waals surface area contributed by atoms with Crippen molar-refractivity contribution in [2.45, 2.75) is 108 Å². The van der Waals surface area contributed by atoms with Crippen molar-refractivity contribution in [1.82, 2.24) is 14.7 Å². The SMILES string of the molecule is COC(=O)[C@@]1(OO[C@@H]2[C@H](O)[C@@H](OC(=O)c3ccccc3)[C@H](OP(=O)(N(C)C)N(C)C)O[C@@H]2COC(=O)c2ccccc2)C[C@H](OC(C)=O)[C@@H](NC(C)=O)[C@H]([C@H](OC(C)=O)[C@@H](COC(C)=O)OC(C)=O)O1. The van der Waals surface area contributed by atoms with Crippen LogP contribution < -0.4 is 5.32 Å². The zero-order valence-corrected chi connectivity index (χ0v) is 40.9. The molecule has 2 heterocycles. The molecular formula is C44H58N3O22P. The quantitative estimate of drug-likeness (QED) is 0.0584. The van der Waals surface area contributed by atoms with Gasteiger partial charge in [-0.15, -0.1) is 0 Å². The topological polar surface area (TPSA) is 303 Å². The van der Waals surface area contributed by atoms with Crippen molar-refractivity contribution in [3.63, 3.8) is 0 Å². The molecule has 2 aliphatic heterocycles. The third kappa shape index (κ3) is 14.8. The number of hydrogen-bond acceptors (Lipinski definition) is 22. The second-order valence-electron chi connectivity index (χ2n) is 16.1. The van der Waals surface area contributed by atoms with Gasteiger partial charge < -0.3 is 53.1 Å². The number of nitrogens with zero attached hydrogens (tertiary/aromatic N) is 2. The van der Waals surface area contributed by atoms with Gasteiger partial charge in [-0.2, -0.15) is 4.89 Å². The van der Waals surface area contributed by atoms with Crippen molar-refractivity contribution >= 4 is 55.4 Å². The molecule has 0 radical (unpaired) electrons. The number of ether oxygens (including phenoxy) is 9. The Morgan fingerprint density at radius 1 is 0.771 bits per heavy atom. The highest BCUT2D eigenvalue weighted by Gasteiger charge is 2.62. The summed E-state index contributed by atoms with van der Waals surface area (Å²) in [5, 5.41) is 14.8. The molecule has 0 aromatic heterocycles. The minimum atomic E-state index is -4.09. The summed E-state index contributed by atoms with van der Waals surface area (Å²) in [6.07, 6.45) is -18.2. The highest BCUT2D eigenvalue weighted by atomic mass is 31.2. The molecule has 2 saturated heterocycles. The summed E-state index contributed by atoms with van der Waals surface area (Å²) in [7, 11) is 2.48. The molecule has 4 rings (SSSR count). The van der Waals surface area contributed by atoms with Crippen LogP contribution in [0.2, 0.25) is 0 Å². The number of amides is 1. The Balaban J connectivity index is 1.91. The molecular weight excluding hydrogens is 953 g/mol. The molecule has 2 aromatic carbocycles. The van der Waals surface area contributed by atoms with Crippen LogP contribution in [-0.2, 0) is 90.3 Å². The first-order valence-corrected chi connectivity index (χ1v) is 22.9. The summed E-state index contributed by atoms with van der Waals surface area (Å²) in [4.78, 5) is 116. The molecule has 2 N–H and O–H groups in total. The van der Waals surface area contributed by atoms with Gasteiger partial charge >= 0.3 is 55.2 Å². The van der Waals surface area contributed by atoms with Gasteiger partial charge in [0.05, 0.1) is 30.7 Å². The molecule has 0 aliphatic carbocycles. The number of rotatable bonds is 21. The van der Waals surface area contributed by atoms with Crippen LogP contribution in [0.1, 0.15) is 61.8 Å². The van der Waals surface area contributed by atoms with Gasteiger partial charge in [0.25, 0.3) is 0 Å². The lowest BCUT2D eigenvalue weighted by Crippen LogP contribution is -2.69. The molecule has 386 valence electrons. The summed E-state index contributed by atoms with van der Waals surface area (Å²) in [6, 6.07) is 13.5. The standard InChI is InChI=1S/C44H58N3O22P/c1-24(48)45-34-31(61-26(3)50)21-44(43(56)58-10,66-38(34)37(63-28(5)52)33(62-27(4)51)22-59-25(2)49)69-67-36-32(23-60-40(54)29-17-13-11-14-18-29)64-42(68-70(57,46(6)7)47(8)9)39(35(36)53)65-41(55)30-19-15-12-16-20-30/h11-20,31-39,42,53H,21-23H2,1-10H3,(H,45,48)/t31-,32+,33+,34+,35-,36-,37+,38+,39+,42-,44-/m0/s1. The number of carbonyl (C=O) groups excluding carboxylic acids is 8. The van der Waals surface area contributed by atoms with Crippen molar-refractivity contribution in [2.24, 2.45) is 0 Å². The second kappa shape index (κ2) is 25.3. The fourth-order valence-electron chi connectivity index (χ4n) is 7.24. The predicted molar refractivity (Wildman–Crippen MR) is 234 cm³/mol. The van der Waals surface area contributed by atoms with Crippen LogP contribution in [0.25, 0.3) is 0 Å². The van der Waals surface area contributed by atoms with E-state index in [2.05, 4.69) is 5.32 Å². The van der Waals surface area contributed by atoms with E-state index in [1.54, 1.807) is 24.3 Å². The zero-order chi connectivity index (χ0) is 52.1. The lowest BCUT2D eigenvalue weighted by atomic mass is 9.88. The Kier molecular flexibility index (Phi) is 20.5. The highest BCUT2D eigenvalue weighted by molar-refractivity contribution is 7.53. The van der Waals surface area contributed by atoms with E-state index in [1.807, 2.05) is 0 Å². The number of aliphatic hydroxyl groups excluding tert-OH is 1. The molecule has 2 aromatic rings. The van der Waals surface area contributed by atoms with Crippen LogP contribution in [0.5, 0.6) is 0 Å². The maximum Gasteiger partial charge on any atom is 0.369 e. The van der Waals surface area contributed by atoms with Gasteiger partial charge in [-0.25, -0.2) is 28.6 Å². The average Bonchev–Trinajstić information content (AvgIpc) is 3.29. The van der Waals surface area contributed by atoms with E-state index in [4.69, 9.17) is 56.9 Å². The molecule has 26 heteroatoms. The van der Waals surface area contributed by atoms with E-state index in [9.17, 15) is 48.0 Å². The van der Waals surface area contributed by atoms with Gasteiger partial charge in [-0.05, 0) is 52.5 Å². The molecule has 0 saturated carbocycles. The van der Waals surface area contributed by atoms with E-state index in [1.165, 1.54) is 73.9 Å². The summed E-state index contributed by atoms with van der Waals surface area (Å²) in [6.45, 7) is 3.39. The maximum atomic E-state index is 14.3. The molecule has 0 spiro atoms. The lowest BCUT2D eigenvalue weighted by Gasteiger charge is -2.49. The van der Waals surface area contributed by atoms with Crippen LogP contribution in [0, 0.1) is 0 Å². The molecule has 70 heavy (non-hydrogen) atoms. The fraction of sp³-hybridized carbons (Fsp3) is 0.545. The third-order valence-electron chi connectivity index (χ3n) is 10.3. The Morgan fingerprint density at radius 2 is 1.34 bits per heavy atom. The monoisotopic (exact) mass is 1010 g/mol. The number of methoxy groups -OCH3 is 1. The fourth-order valence-corrected chi connectivity index (χ4v) is 8.77. The molecule has 25 nitrogen and oxygen atoms in total. The Bertz CT molecular complexity index is 2200. The number of hydrogen-bond donors (Lipinski definition) is 2. The predicted octanol–water partition coefficient (Wildman–Crippen LogP) is 1.24. The highest BCUT2D eigenvalue weighted by Crippen LogP contribution is 2.53. The molecule has 0 bridgehead atoms. The Hall–Kier alpha value is -5.89. The zero-order valence-electron chi connectivity index (χ0n) is 40.0. The van der Waals surface area contributed by atoms with Gasteiger partial charge in [-0.1, -0.05) is 36.4 Å². The van der Waals surface area contributed by atoms with Gasteiger partial charge in [0, 0.05) is 34.6 Å². The van der Waals surface area contributed by atoms with Crippen LogP contribution in [-0.4, -0.2) is 178 Å². The summed E-state index contributed by atoms with van der Waals surface area (Å²) >= 11 is 0. The summed E-state index contributed by atoms with van der Waals surface area (Å²) in [5.41, 5.74) is 0.0727. The number of esters is 7. The first kappa shape index (κ1) is 56.7. The average molecular weight is 1010 g/mol. The first-order valence-electron chi connectivity index (χ1n) is 21.4. The van der Waals surface area contributed by atoms with Crippen LogP contribution in [0.3, 0.4) is 0 Å². The molecule has 2 aliphatic rings. The Morgan fingerprint density at radius 3 is 1.84 bits per heavy atom. The van der Waals surface area contributed by atoms with Gasteiger partial charge in [0.2, 0.25) is 12.2 Å².